The Hall–Kier alpha value is -3.26. The summed E-state index contributed by atoms with van der Waals surface area (Å²) >= 11 is 0. The first kappa shape index (κ1) is 16.0. The second-order valence-corrected chi connectivity index (χ2v) is 6.86. The largest absolute Gasteiger partial charge is 0.348 e. The molecular weight excluding hydrogens is 342 g/mol. The minimum Gasteiger partial charge on any atom is -0.348 e. The van der Waals surface area contributed by atoms with E-state index in [0.29, 0.717) is 12.2 Å². The number of hydrogen-bond acceptors (Lipinski definition) is 5. The lowest BCUT2D eigenvalue weighted by molar-refractivity contribution is 0.194. The summed E-state index contributed by atoms with van der Waals surface area (Å²) < 4.78 is 1.47. The molecule has 5 rings (SSSR count). The molecule has 4 aromatic rings. The standard InChI is InChI=1S/C19H19N7O/c1-12-8-16-23-13(9-17(27)26(16)24-12)10-25-7-5-14-18(22-11-21-14)19(25)15-4-2-3-6-20-15/h2-4,6,8-9,11,19,24H,5,7,10H2,1H3,(H,21,22)/t19-/m1/s1. The lowest BCUT2D eigenvalue weighted by atomic mass is 9.99. The van der Waals surface area contributed by atoms with Gasteiger partial charge in [-0.3, -0.25) is 19.8 Å². The molecule has 4 aromatic heterocycles. The molecule has 8 heteroatoms. The lowest BCUT2D eigenvalue weighted by Crippen LogP contribution is -2.36. The smallest absolute Gasteiger partial charge is 0.272 e. The van der Waals surface area contributed by atoms with Crippen molar-refractivity contribution in [2.24, 2.45) is 0 Å². The van der Waals surface area contributed by atoms with E-state index in [9.17, 15) is 4.79 Å². The van der Waals surface area contributed by atoms with E-state index in [4.69, 9.17) is 0 Å². The average molecular weight is 361 g/mol. The highest BCUT2D eigenvalue weighted by Gasteiger charge is 2.32. The van der Waals surface area contributed by atoms with Crippen molar-refractivity contribution in [1.82, 2.24) is 34.4 Å². The minimum atomic E-state index is -0.102. The summed E-state index contributed by atoms with van der Waals surface area (Å²) in [6.45, 7) is 3.31. The molecule has 0 radical (unpaired) electrons. The highest BCUT2D eigenvalue weighted by atomic mass is 16.1. The molecule has 5 heterocycles. The number of pyridine rings is 1. The zero-order valence-electron chi connectivity index (χ0n) is 14.9. The molecule has 27 heavy (non-hydrogen) atoms. The van der Waals surface area contributed by atoms with Gasteiger partial charge >= 0.3 is 0 Å². The van der Waals surface area contributed by atoms with Crippen LogP contribution in [0.25, 0.3) is 5.65 Å². The first-order valence-corrected chi connectivity index (χ1v) is 8.94. The van der Waals surface area contributed by atoms with Gasteiger partial charge < -0.3 is 4.98 Å². The van der Waals surface area contributed by atoms with Gasteiger partial charge in [0, 0.05) is 49.2 Å². The molecule has 0 spiro atoms. The van der Waals surface area contributed by atoms with Crippen molar-refractivity contribution >= 4 is 5.65 Å². The van der Waals surface area contributed by atoms with Crippen LogP contribution in [0.2, 0.25) is 0 Å². The van der Waals surface area contributed by atoms with Crippen molar-refractivity contribution in [2.75, 3.05) is 6.54 Å². The fourth-order valence-corrected chi connectivity index (χ4v) is 3.81. The number of nitrogens with zero attached hydrogens (tertiary/aromatic N) is 5. The zero-order chi connectivity index (χ0) is 18.4. The van der Waals surface area contributed by atoms with E-state index in [-0.39, 0.29) is 11.6 Å². The van der Waals surface area contributed by atoms with Gasteiger partial charge in [-0.2, -0.15) is 0 Å². The number of imidazole rings is 1. The molecular formula is C19H19N7O. The Morgan fingerprint density at radius 2 is 2.19 bits per heavy atom. The minimum absolute atomic E-state index is 0.0607. The summed E-state index contributed by atoms with van der Waals surface area (Å²) in [5.74, 6) is 0. The number of aromatic nitrogens is 6. The van der Waals surface area contributed by atoms with Crippen LogP contribution >= 0.6 is 0 Å². The molecule has 0 aromatic carbocycles. The third kappa shape index (κ3) is 2.74. The molecule has 136 valence electrons. The molecule has 1 aliphatic heterocycles. The maximum absolute atomic E-state index is 12.4. The Bertz CT molecular complexity index is 1160. The Morgan fingerprint density at radius 1 is 1.26 bits per heavy atom. The Morgan fingerprint density at radius 3 is 3.04 bits per heavy atom. The molecule has 0 saturated carbocycles. The van der Waals surface area contributed by atoms with E-state index >= 15 is 0 Å². The van der Waals surface area contributed by atoms with E-state index in [1.165, 1.54) is 4.52 Å². The number of aromatic amines is 2. The van der Waals surface area contributed by atoms with E-state index in [1.807, 2.05) is 31.2 Å². The van der Waals surface area contributed by atoms with Crippen molar-refractivity contribution in [2.45, 2.75) is 25.9 Å². The first-order valence-electron chi connectivity index (χ1n) is 8.94. The molecule has 2 N–H and O–H groups in total. The Labute approximate surface area is 154 Å². The topological polar surface area (TPSA) is 95.0 Å². The van der Waals surface area contributed by atoms with E-state index < -0.39 is 0 Å². The SMILES string of the molecule is Cc1cc2nc(CN3CCc4[nH]cnc4[C@H]3c3ccccn3)cc(=O)n2[nH]1. The van der Waals surface area contributed by atoms with Crippen LogP contribution in [-0.2, 0) is 13.0 Å². The van der Waals surface area contributed by atoms with Gasteiger partial charge in [-0.1, -0.05) is 6.07 Å². The quantitative estimate of drug-likeness (QED) is 0.578. The summed E-state index contributed by atoms with van der Waals surface area (Å²) in [4.78, 5) is 31.7. The second kappa shape index (κ2) is 6.17. The number of aryl methyl sites for hydroxylation is 1. The Kier molecular flexibility index (Phi) is 3.64. The highest BCUT2D eigenvalue weighted by Crippen LogP contribution is 2.32. The van der Waals surface area contributed by atoms with Crippen molar-refractivity contribution in [3.05, 3.63) is 81.7 Å². The van der Waals surface area contributed by atoms with Crippen LogP contribution in [-0.4, -0.2) is 41.0 Å². The molecule has 0 amide bonds. The molecule has 1 aliphatic rings. The van der Waals surface area contributed by atoms with E-state index in [0.717, 1.165) is 41.4 Å². The fraction of sp³-hybridized carbons (Fsp3) is 0.263. The molecule has 0 fully saturated rings. The number of fused-ring (bicyclic) bond motifs is 2. The van der Waals surface area contributed by atoms with Gasteiger partial charge in [0.2, 0.25) is 0 Å². The molecule has 0 aliphatic carbocycles. The number of hydrogen-bond donors (Lipinski definition) is 2. The van der Waals surface area contributed by atoms with Crippen LogP contribution in [0.4, 0.5) is 0 Å². The number of nitrogens with one attached hydrogen (secondary N) is 2. The van der Waals surface area contributed by atoms with Gasteiger partial charge in [0.05, 0.1) is 29.5 Å². The molecule has 0 bridgehead atoms. The van der Waals surface area contributed by atoms with Crippen LogP contribution in [0.3, 0.4) is 0 Å². The van der Waals surface area contributed by atoms with Crippen molar-refractivity contribution in [3.8, 4) is 0 Å². The van der Waals surface area contributed by atoms with Crippen molar-refractivity contribution < 1.29 is 0 Å². The zero-order valence-corrected chi connectivity index (χ0v) is 14.9. The number of rotatable bonds is 3. The van der Waals surface area contributed by atoms with E-state index in [2.05, 4.69) is 29.9 Å². The average Bonchev–Trinajstić information content (AvgIpc) is 3.28. The van der Waals surface area contributed by atoms with Gasteiger partial charge in [0.1, 0.15) is 0 Å². The summed E-state index contributed by atoms with van der Waals surface area (Å²) in [7, 11) is 0. The van der Waals surface area contributed by atoms with Gasteiger partial charge in [0.25, 0.3) is 5.56 Å². The normalized spacial score (nSPS) is 17.3. The molecule has 8 nitrogen and oxygen atoms in total. The van der Waals surface area contributed by atoms with Gasteiger partial charge in [0.15, 0.2) is 5.65 Å². The molecule has 0 unspecified atom stereocenters. The lowest BCUT2D eigenvalue weighted by Gasteiger charge is -2.34. The highest BCUT2D eigenvalue weighted by molar-refractivity contribution is 5.39. The van der Waals surface area contributed by atoms with Crippen LogP contribution in [0.15, 0.2) is 47.7 Å². The van der Waals surface area contributed by atoms with Crippen LogP contribution in [0.5, 0.6) is 0 Å². The van der Waals surface area contributed by atoms with Crippen LogP contribution < -0.4 is 5.56 Å². The summed E-state index contributed by atoms with van der Waals surface area (Å²) in [5.41, 5.74) is 5.28. The van der Waals surface area contributed by atoms with Crippen LogP contribution in [0, 0.1) is 6.92 Å². The molecule has 0 saturated heterocycles. The van der Waals surface area contributed by atoms with E-state index in [1.54, 1.807) is 18.6 Å². The first-order chi connectivity index (χ1) is 13.2. The fourth-order valence-electron chi connectivity index (χ4n) is 3.81. The molecule has 1 atom stereocenters. The van der Waals surface area contributed by atoms with Crippen molar-refractivity contribution in [1.29, 1.82) is 0 Å². The maximum Gasteiger partial charge on any atom is 0.272 e. The third-order valence-electron chi connectivity index (χ3n) is 4.99. The monoisotopic (exact) mass is 361 g/mol. The van der Waals surface area contributed by atoms with Gasteiger partial charge in [-0.25, -0.2) is 14.5 Å². The summed E-state index contributed by atoms with van der Waals surface area (Å²) in [5, 5.41) is 3.01. The van der Waals surface area contributed by atoms with Crippen molar-refractivity contribution in [3.63, 3.8) is 0 Å². The van der Waals surface area contributed by atoms with Crippen LogP contribution in [0.1, 0.15) is 34.5 Å². The maximum atomic E-state index is 12.4. The number of H-pyrrole nitrogens is 2. The summed E-state index contributed by atoms with van der Waals surface area (Å²) in [6.07, 6.45) is 4.42. The van der Waals surface area contributed by atoms with Gasteiger partial charge in [-0.05, 0) is 19.1 Å². The summed E-state index contributed by atoms with van der Waals surface area (Å²) in [6, 6.07) is 9.33. The van der Waals surface area contributed by atoms with Gasteiger partial charge in [-0.15, -0.1) is 0 Å². The second-order valence-electron chi connectivity index (χ2n) is 6.86. The predicted octanol–water partition coefficient (Wildman–Crippen LogP) is 1.60. The Balaban J connectivity index is 1.55. The predicted molar refractivity (Wildman–Crippen MR) is 99.3 cm³/mol. The third-order valence-corrected chi connectivity index (χ3v) is 4.99.